The van der Waals surface area contributed by atoms with Crippen molar-refractivity contribution in [2.75, 3.05) is 0 Å². The van der Waals surface area contributed by atoms with Gasteiger partial charge in [-0.2, -0.15) is 5.26 Å². The zero-order valence-electron chi connectivity index (χ0n) is 19.6. The largest absolute Gasteiger partial charge is 0.462 e. The Hall–Kier alpha value is -2.93. The molecule has 0 N–H and O–H groups in total. The molecule has 4 nitrogen and oxygen atoms in total. The van der Waals surface area contributed by atoms with Crippen molar-refractivity contribution in [1.29, 1.82) is 5.26 Å². The van der Waals surface area contributed by atoms with Crippen molar-refractivity contribution in [1.82, 2.24) is 4.98 Å². The van der Waals surface area contributed by atoms with E-state index in [1.165, 1.54) is 0 Å². The molecule has 4 heteroatoms. The van der Waals surface area contributed by atoms with E-state index in [4.69, 9.17) is 4.74 Å². The number of carbonyl (C=O) groups excluding carboxylic acids is 1. The number of nitrogens with zero attached hydrogens (tertiary/aromatic N) is 2. The first-order valence-corrected chi connectivity index (χ1v) is 11.6. The van der Waals surface area contributed by atoms with Gasteiger partial charge in [-0.05, 0) is 55.2 Å². The molecule has 1 aromatic carbocycles. The van der Waals surface area contributed by atoms with Crippen molar-refractivity contribution in [3.8, 4) is 17.2 Å². The molecule has 166 valence electrons. The summed E-state index contributed by atoms with van der Waals surface area (Å²) in [6, 6.07) is 13.8. The van der Waals surface area contributed by atoms with Gasteiger partial charge in [0.1, 0.15) is 6.10 Å². The Balaban J connectivity index is 1.63. The molecule has 0 amide bonds. The van der Waals surface area contributed by atoms with Crippen LogP contribution in [0.3, 0.4) is 0 Å². The second kappa shape index (κ2) is 8.54. The lowest BCUT2D eigenvalue weighted by atomic mass is 9.51. The molecule has 0 unspecified atom stereocenters. The number of ether oxygens (including phenoxy) is 1. The summed E-state index contributed by atoms with van der Waals surface area (Å²) in [5.41, 5.74) is 2.94. The Morgan fingerprint density at radius 2 is 1.94 bits per heavy atom. The average molecular weight is 429 g/mol. The molecule has 2 aromatic rings. The number of benzene rings is 1. The molecule has 2 aliphatic rings. The molecular formula is C28H32N2O2. The third-order valence-corrected chi connectivity index (χ3v) is 8.02. The normalized spacial score (nSPS) is 32.0. The molecule has 1 aliphatic carbocycles. The number of allylic oxidation sites excluding steroid dienone is 1. The molecule has 1 saturated heterocycles. The predicted molar refractivity (Wildman–Crippen MR) is 126 cm³/mol. The van der Waals surface area contributed by atoms with Crippen molar-refractivity contribution in [2.24, 2.45) is 35.0 Å². The maximum atomic E-state index is 13.0. The standard InChI is InChI=1S/C28H32N2O2/c1-17(2)28-14-18(3)19(4)24(26(28)20(5)32-27(28)31)13-12-23-11-10-22(16-30-23)25-9-7-6-8-21(25)15-29/h6-13,16-20,24,26H,14H2,1-5H3/b13-12+/t18-,19+,20+,24-,26-,28-/m0/s1. The van der Waals surface area contributed by atoms with Gasteiger partial charge < -0.3 is 4.74 Å². The molecule has 0 radical (unpaired) electrons. The monoisotopic (exact) mass is 428 g/mol. The Labute approximate surface area is 191 Å². The van der Waals surface area contributed by atoms with Gasteiger partial charge >= 0.3 is 5.97 Å². The van der Waals surface area contributed by atoms with Crippen molar-refractivity contribution in [3.05, 3.63) is 59.9 Å². The van der Waals surface area contributed by atoms with Crippen molar-refractivity contribution < 1.29 is 9.53 Å². The van der Waals surface area contributed by atoms with E-state index in [-0.39, 0.29) is 29.8 Å². The van der Waals surface area contributed by atoms with Crippen LogP contribution in [0.2, 0.25) is 0 Å². The number of aromatic nitrogens is 1. The van der Waals surface area contributed by atoms with Crippen LogP contribution in [-0.4, -0.2) is 17.1 Å². The molecule has 0 spiro atoms. The number of esters is 1. The van der Waals surface area contributed by atoms with Crippen molar-refractivity contribution in [3.63, 3.8) is 0 Å². The van der Waals surface area contributed by atoms with E-state index >= 15 is 0 Å². The summed E-state index contributed by atoms with van der Waals surface area (Å²) in [4.78, 5) is 17.6. The van der Waals surface area contributed by atoms with Crippen LogP contribution in [0.4, 0.5) is 0 Å². The molecule has 1 aromatic heterocycles. The van der Waals surface area contributed by atoms with E-state index < -0.39 is 5.41 Å². The molecule has 1 aliphatic heterocycles. The average Bonchev–Trinajstić information content (AvgIpc) is 3.04. The van der Waals surface area contributed by atoms with Crippen LogP contribution in [0.25, 0.3) is 17.2 Å². The van der Waals surface area contributed by atoms with Gasteiger partial charge in [-0.1, -0.05) is 58.0 Å². The third kappa shape index (κ3) is 3.54. The summed E-state index contributed by atoms with van der Waals surface area (Å²) in [5.74, 6) is 1.57. The van der Waals surface area contributed by atoms with Crippen molar-refractivity contribution >= 4 is 12.0 Å². The number of cyclic esters (lactones) is 1. The lowest BCUT2D eigenvalue weighted by Gasteiger charge is -2.49. The maximum absolute atomic E-state index is 13.0. The van der Waals surface area contributed by atoms with E-state index in [1.54, 1.807) is 0 Å². The number of nitriles is 1. The first kappa shape index (κ1) is 22.3. The first-order valence-electron chi connectivity index (χ1n) is 11.6. The summed E-state index contributed by atoms with van der Waals surface area (Å²) < 4.78 is 5.82. The maximum Gasteiger partial charge on any atom is 0.313 e. The zero-order valence-corrected chi connectivity index (χ0v) is 19.6. The number of rotatable bonds is 4. The van der Waals surface area contributed by atoms with Gasteiger partial charge in [0.15, 0.2) is 0 Å². The van der Waals surface area contributed by atoms with Gasteiger partial charge in [0.25, 0.3) is 0 Å². The van der Waals surface area contributed by atoms with Gasteiger partial charge in [-0.25, -0.2) is 0 Å². The van der Waals surface area contributed by atoms with Crippen LogP contribution in [-0.2, 0) is 9.53 Å². The van der Waals surface area contributed by atoms with E-state index in [1.807, 2.05) is 42.6 Å². The van der Waals surface area contributed by atoms with Crippen molar-refractivity contribution in [2.45, 2.75) is 47.1 Å². The van der Waals surface area contributed by atoms with Crippen LogP contribution < -0.4 is 0 Å². The minimum atomic E-state index is -0.404. The summed E-state index contributed by atoms with van der Waals surface area (Å²) in [7, 11) is 0. The molecule has 32 heavy (non-hydrogen) atoms. The molecule has 0 bridgehead atoms. The second-order valence-corrected chi connectivity index (χ2v) is 9.94. The fourth-order valence-corrected chi connectivity index (χ4v) is 6.06. The van der Waals surface area contributed by atoms with Gasteiger partial charge in [0.2, 0.25) is 0 Å². The summed E-state index contributed by atoms with van der Waals surface area (Å²) in [5, 5.41) is 9.37. The number of hydrogen-bond donors (Lipinski definition) is 0. The van der Waals surface area contributed by atoms with Crippen LogP contribution in [0.1, 0.15) is 52.3 Å². The lowest BCUT2D eigenvalue weighted by Crippen LogP contribution is -2.50. The smallest absolute Gasteiger partial charge is 0.313 e. The van der Waals surface area contributed by atoms with E-state index in [9.17, 15) is 10.1 Å². The topological polar surface area (TPSA) is 63.0 Å². The quantitative estimate of drug-likeness (QED) is 0.550. The number of hydrogen-bond acceptors (Lipinski definition) is 4. The number of fused-ring (bicyclic) bond motifs is 1. The fraction of sp³-hybridized carbons (Fsp3) is 0.464. The Bertz CT molecular complexity index is 1070. The van der Waals surface area contributed by atoms with Crippen LogP contribution in [0.15, 0.2) is 48.7 Å². The Morgan fingerprint density at radius 3 is 2.59 bits per heavy atom. The third-order valence-electron chi connectivity index (χ3n) is 8.02. The van der Waals surface area contributed by atoms with Crippen LogP contribution in [0, 0.1) is 46.3 Å². The lowest BCUT2D eigenvalue weighted by molar-refractivity contribution is -0.153. The van der Waals surface area contributed by atoms with Gasteiger partial charge in [-0.3, -0.25) is 9.78 Å². The summed E-state index contributed by atoms with van der Waals surface area (Å²) in [6.45, 7) is 10.9. The minimum Gasteiger partial charge on any atom is -0.462 e. The Morgan fingerprint density at radius 1 is 1.19 bits per heavy atom. The molecular weight excluding hydrogens is 396 g/mol. The summed E-state index contributed by atoms with van der Waals surface area (Å²) in [6.07, 6.45) is 6.99. The molecule has 2 fully saturated rings. The van der Waals surface area contributed by atoms with E-state index in [2.05, 4.69) is 57.8 Å². The molecule has 6 atom stereocenters. The SMILES string of the molecule is CC(C)[C@@]12C[C@H](C)[C@@H](C)[C@H](/C=C/c3ccc(-c4ccccc4C#N)cn3)[C@@H]1[C@@H](C)OC2=O. The Kier molecular flexibility index (Phi) is 5.95. The van der Waals surface area contributed by atoms with Crippen LogP contribution in [0.5, 0.6) is 0 Å². The number of carbonyl (C=O) groups is 1. The second-order valence-electron chi connectivity index (χ2n) is 9.94. The van der Waals surface area contributed by atoms with Gasteiger partial charge in [-0.15, -0.1) is 0 Å². The predicted octanol–water partition coefficient (Wildman–Crippen LogP) is 6.13. The minimum absolute atomic E-state index is 0.0132. The van der Waals surface area contributed by atoms with Gasteiger partial charge in [0.05, 0.1) is 22.7 Å². The first-order chi connectivity index (χ1) is 15.3. The molecule has 1 saturated carbocycles. The highest BCUT2D eigenvalue weighted by molar-refractivity contribution is 5.80. The highest BCUT2D eigenvalue weighted by Crippen LogP contribution is 2.59. The highest BCUT2D eigenvalue weighted by Gasteiger charge is 2.63. The van der Waals surface area contributed by atoms with Gasteiger partial charge in [0, 0.05) is 23.2 Å². The number of pyridine rings is 1. The molecule has 4 rings (SSSR count). The fourth-order valence-electron chi connectivity index (χ4n) is 6.06. The zero-order chi connectivity index (χ0) is 23.0. The van der Waals surface area contributed by atoms with E-state index in [0.29, 0.717) is 17.4 Å². The molecule has 2 heterocycles. The van der Waals surface area contributed by atoms with Crippen LogP contribution >= 0.6 is 0 Å². The summed E-state index contributed by atoms with van der Waals surface area (Å²) >= 11 is 0. The van der Waals surface area contributed by atoms with E-state index in [0.717, 1.165) is 23.2 Å². The highest BCUT2D eigenvalue weighted by atomic mass is 16.6.